The average Bonchev–Trinajstić information content (AvgIpc) is 2.36. The molecule has 0 saturated carbocycles. The maximum Gasteiger partial charge on any atom is 0.328 e. The molecule has 2 N–H and O–H groups in total. The summed E-state index contributed by atoms with van der Waals surface area (Å²) in [4.78, 5) is 21.8. The Hall–Kier alpha value is -2.15. The van der Waals surface area contributed by atoms with Crippen LogP contribution in [0.2, 0.25) is 0 Å². The van der Waals surface area contributed by atoms with E-state index in [-0.39, 0.29) is 11.3 Å². The van der Waals surface area contributed by atoms with Crippen LogP contribution in [-0.2, 0) is 14.8 Å². The Morgan fingerprint density at radius 1 is 1.21 bits per heavy atom. The van der Waals surface area contributed by atoms with Crippen molar-refractivity contribution in [1.29, 1.82) is 0 Å². The zero-order valence-corrected chi connectivity index (χ0v) is 11.0. The molecule has 0 unspecified atom stereocenters. The first-order chi connectivity index (χ1) is 8.84. The van der Waals surface area contributed by atoms with Gasteiger partial charge in [-0.05, 0) is 37.3 Å². The zero-order valence-electron chi connectivity index (χ0n) is 10.2. The number of aliphatic carboxylic acids is 1. The fourth-order valence-electron chi connectivity index (χ4n) is 1.20. The van der Waals surface area contributed by atoms with E-state index < -0.39 is 21.8 Å². The van der Waals surface area contributed by atoms with Crippen molar-refractivity contribution in [3.8, 4) is 0 Å². The second-order valence-corrected chi connectivity index (χ2v) is 5.63. The highest BCUT2D eigenvalue weighted by atomic mass is 32.2. The molecule has 0 heterocycles. The van der Waals surface area contributed by atoms with Gasteiger partial charge in [0.15, 0.2) is 5.78 Å². The van der Waals surface area contributed by atoms with Gasteiger partial charge in [-0.25, -0.2) is 13.2 Å². The van der Waals surface area contributed by atoms with Crippen molar-refractivity contribution in [2.45, 2.75) is 6.92 Å². The number of carbonyl (C=O) groups is 2. The molecule has 0 aromatic heterocycles. The van der Waals surface area contributed by atoms with Crippen molar-refractivity contribution in [2.75, 3.05) is 10.5 Å². The van der Waals surface area contributed by atoms with Crippen LogP contribution in [0.1, 0.15) is 17.3 Å². The maximum absolute atomic E-state index is 11.5. The van der Waals surface area contributed by atoms with E-state index in [0.29, 0.717) is 5.69 Å². The minimum atomic E-state index is -3.35. The van der Waals surface area contributed by atoms with Crippen LogP contribution < -0.4 is 4.72 Å². The van der Waals surface area contributed by atoms with Gasteiger partial charge in [0.05, 0.1) is 5.75 Å². The number of carboxylic acid groups (broad SMARTS) is 1. The number of allylic oxidation sites excluding steroid dienone is 1. The molecule has 102 valence electrons. The lowest BCUT2D eigenvalue weighted by molar-refractivity contribution is -0.131. The molecule has 1 aromatic carbocycles. The Morgan fingerprint density at radius 2 is 1.79 bits per heavy atom. The SMILES string of the molecule is CCS(=O)(=O)Nc1ccc(C(=O)C=CC(=O)O)cc1. The summed E-state index contributed by atoms with van der Waals surface area (Å²) in [5.41, 5.74) is 0.623. The summed E-state index contributed by atoms with van der Waals surface area (Å²) in [6.45, 7) is 1.51. The van der Waals surface area contributed by atoms with Gasteiger partial charge >= 0.3 is 5.97 Å². The van der Waals surface area contributed by atoms with Crippen molar-refractivity contribution in [3.63, 3.8) is 0 Å². The maximum atomic E-state index is 11.5. The number of anilines is 1. The van der Waals surface area contributed by atoms with Gasteiger partial charge in [0.2, 0.25) is 10.0 Å². The standard InChI is InChI=1S/C12H13NO5S/c1-2-19(17,18)13-10-5-3-9(4-6-10)11(14)7-8-12(15)16/h3-8,13H,2H2,1H3,(H,15,16). The van der Waals surface area contributed by atoms with E-state index in [9.17, 15) is 18.0 Å². The number of carboxylic acids is 1. The van der Waals surface area contributed by atoms with Crippen LogP contribution >= 0.6 is 0 Å². The minimum absolute atomic E-state index is 0.0466. The predicted octanol–water partition coefficient (Wildman–Crippen LogP) is 1.27. The molecule has 7 heteroatoms. The van der Waals surface area contributed by atoms with Crippen molar-refractivity contribution >= 4 is 27.5 Å². The van der Waals surface area contributed by atoms with E-state index >= 15 is 0 Å². The molecule has 0 aliphatic carbocycles. The fraction of sp³-hybridized carbons (Fsp3) is 0.167. The molecule has 0 saturated heterocycles. The third kappa shape index (κ3) is 4.92. The van der Waals surface area contributed by atoms with E-state index in [1.807, 2.05) is 0 Å². The first-order valence-electron chi connectivity index (χ1n) is 5.40. The average molecular weight is 283 g/mol. The number of sulfonamides is 1. The first-order valence-corrected chi connectivity index (χ1v) is 7.05. The van der Waals surface area contributed by atoms with E-state index in [1.54, 1.807) is 0 Å². The van der Waals surface area contributed by atoms with Gasteiger partial charge in [0, 0.05) is 17.3 Å². The Kier molecular flexibility index (Phi) is 4.82. The summed E-state index contributed by atoms with van der Waals surface area (Å²) >= 11 is 0. The summed E-state index contributed by atoms with van der Waals surface area (Å²) in [5, 5.41) is 8.39. The van der Waals surface area contributed by atoms with Crippen LogP contribution in [0.15, 0.2) is 36.4 Å². The molecule has 0 atom stereocenters. The van der Waals surface area contributed by atoms with Crippen molar-refractivity contribution < 1.29 is 23.1 Å². The number of nitrogens with one attached hydrogen (secondary N) is 1. The largest absolute Gasteiger partial charge is 0.478 e. The molecule has 6 nitrogen and oxygen atoms in total. The van der Waals surface area contributed by atoms with Crippen molar-refractivity contribution in [3.05, 3.63) is 42.0 Å². The number of rotatable bonds is 6. The molecule has 0 aliphatic heterocycles. The van der Waals surface area contributed by atoms with Gasteiger partial charge < -0.3 is 5.11 Å². The van der Waals surface area contributed by atoms with E-state index in [0.717, 1.165) is 12.2 Å². The summed E-state index contributed by atoms with van der Waals surface area (Å²) in [6.07, 6.45) is 1.68. The van der Waals surface area contributed by atoms with Crippen LogP contribution in [0.3, 0.4) is 0 Å². The molecule has 1 rings (SSSR count). The van der Waals surface area contributed by atoms with Gasteiger partial charge in [-0.2, -0.15) is 0 Å². The molecule has 0 amide bonds. The molecule has 1 aromatic rings. The van der Waals surface area contributed by atoms with E-state index in [4.69, 9.17) is 5.11 Å². The lowest BCUT2D eigenvalue weighted by Crippen LogP contribution is -2.14. The first kappa shape index (κ1) is 14.9. The lowest BCUT2D eigenvalue weighted by atomic mass is 10.1. The van der Waals surface area contributed by atoms with Gasteiger partial charge in [-0.15, -0.1) is 0 Å². The summed E-state index contributed by atoms with van der Waals surface area (Å²) in [6, 6.07) is 5.72. The third-order valence-corrected chi connectivity index (χ3v) is 3.51. The van der Waals surface area contributed by atoms with Crippen molar-refractivity contribution in [2.24, 2.45) is 0 Å². The summed E-state index contributed by atoms with van der Waals surface area (Å²) in [7, 11) is -3.35. The van der Waals surface area contributed by atoms with Gasteiger partial charge in [-0.3, -0.25) is 9.52 Å². The molecule has 0 spiro atoms. The summed E-state index contributed by atoms with van der Waals surface area (Å²) in [5.74, 6) is -1.72. The second-order valence-electron chi connectivity index (χ2n) is 3.62. The quantitative estimate of drug-likeness (QED) is 0.605. The van der Waals surface area contributed by atoms with Gasteiger partial charge in [0.1, 0.15) is 0 Å². The zero-order chi connectivity index (χ0) is 14.5. The van der Waals surface area contributed by atoms with Crippen LogP contribution in [0.4, 0.5) is 5.69 Å². The van der Waals surface area contributed by atoms with Crippen LogP contribution in [-0.4, -0.2) is 31.0 Å². The minimum Gasteiger partial charge on any atom is -0.478 e. The van der Waals surface area contributed by atoms with Crippen LogP contribution in [0.25, 0.3) is 0 Å². The third-order valence-electron chi connectivity index (χ3n) is 2.20. The monoisotopic (exact) mass is 283 g/mol. The Bertz CT molecular complexity index is 602. The normalized spacial score (nSPS) is 11.4. The molecule has 0 aliphatic rings. The lowest BCUT2D eigenvalue weighted by Gasteiger charge is -2.05. The number of ketones is 1. The summed E-state index contributed by atoms with van der Waals surface area (Å²) < 4.78 is 25.0. The molecular weight excluding hydrogens is 270 g/mol. The topological polar surface area (TPSA) is 101 Å². The number of carbonyl (C=O) groups excluding carboxylic acids is 1. The Morgan fingerprint density at radius 3 is 2.26 bits per heavy atom. The van der Waals surface area contributed by atoms with E-state index in [2.05, 4.69) is 4.72 Å². The van der Waals surface area contributed by atoms with Crippen LogP contribution in [0.5, 0.6) is 0 Å². The highest BCUT2D eigenvalue weighted by Gasteiger charge is 2.07. The predicted molar refractivity (Wildman–Crippen MR) is 70.6 cm³/mol. The van der Waals surface area contributed by atoms with E-state index in [1.165, 1.54) is 31.2 Å². The highest BCUT2D eigenvalue weighted by Crippen LogP contribution is 2.12. The molecule has 0 radical (unpaired) electrons. The second kappa shape index (κ2) is 6.14. The number of hydrogen-bond acceptors (Lipinski definition) is 4. The van der Waals surface area contributed by atoms with Gasteiger partial charge in [-0.1, -0.05) is 0 Å². The fourth-order valence-corrected chi connectivity index (χ4v) is 1.84. The molecule has 19 heavy (non-hydrogen) atoms. The highest BCUT2D eigenvalue weighted by molar-refractivity contribution is 7.92. The molecular formula is C12H13NO5S. The van der Waals surface area contributed by atoms with Crippen molar-refractivity contribution in [1.82, 2.24) is 0 Å². The van der Waals surface area contributed by atoms with Crippen LogP contribution in [0, 0.1) is 0 Å². The number of benzene rings is 1. The smallest absolute Gasteiger partial charge is 0.328 e. The Labute approximate surface area is 110 Å². The molecule has 0 fully saturated rings. The Balaban J connectivity index is 2.82. The number of hydrogen-bond donors (Lipinski definition) is 2. The van der Waals surface area contributed by atoms with Gasteiger partial charge in [0.25, 0.3) is 0 Å². The molecule has 0 bridgehead atoms.